The fourth-order valence-electron chi connectivity index (χ4n) is 2.43. The summed E-state index contributed by atoms with van der Waals surface area (Å²) in [5, 5.41) is 2.72. The lowest BCUT2D eigenvalue weighted by Crippen LogP contribution is -2.43. The molecule has 0 spiro atoms. The Morgan fingerprint density at radius 3 is 2.76 bits per heavy atom. The Morgan fingerprint density at radius 1 is 1.19 bits per heavy atom. The summed E-state index contributed by atoms with van der Waals surface area (Å²) in [4.78, 5) is 30.4. The van der Waals surface area contributed by atoms with E-state index in [2.05, 4.69) is 10.3 Å². The Morgan fingerprint density at radius 2 is 2.00 bits per heavy atom. The molecule has 5 nitrogen and oxygen atoms in total. The van der Waals surface area contributed by atoms with Gasteiger partial charge in [0.15, 0.2) is 0 Å². The van der Waals surface area contributed by atoms with Gasteiger partial charge in [0.2, 0.25) is 5.91 Å². The number of rotatable bonds is 2. The van der Waals surface area contributed by atoms with Crippen molar-refractivity contribution < 1.29 is 9.59 Å². The van der Waals surface area contributed by atoms with E-state index in [9.17, 15) is 9.59 Å². The molecule has 1 aliphatic rings. The van der Waals surface area contributed by atoms with Crippen LogP contribution in [0.2, 0.25) is 0 Å². The summed E-state index contributed by atoms with van der Waals surface area (Å²) in [5.41, 5.74) is 2.06. The Hall–Kier alpha value is -2.69. The minimum absolute atomic E-state index is 0.128. The van der Waals surface area contributed by atoms with Crippen LogP contribution in [0.15, 0.2) is 48.8 Å². The van der Waals surface area contributed by atoms with Crippen molar-refractivity contribution in [2.45, 2.75) is 19.5 Å². The lowest BCUT2D eigenvalue weighted by molar-refractivity contribution is -0.120. The number of nitrogens with one attached hydrogen (secondary N) is 1. The van der Waals surface area contributed by atoms with Crippen molar-refractivity contribution >= 4 is 17.5 Å². The number of aromatic nitrogens is 1. The van der Waals surface area contributed by atoms with Gasteiger partial charge in [-0.1, -0.05) is 18.2 Å². The smallest absolute Gasteiger partial charge is 0.254 e. The average molecular weight is 281 g/mol. The number of carbonyl (C=O) groups is 2. The van der Waals surface area contributed by atoms with E-state index < -0.39 is 6.04 Å². The van der Waals surface area contributed by atoms with Crippen LogP contribution in [0.25, 0.3) is 0 Å². The van der Waals surface area contributed by atoms with E-state index in [-0.39, 0.29) is 11.8 Å². The molecule has 3 rings (SSSR count). The van der Waals surface area contributed by atoms with E-state index >= 15 is 0 Å². The fourth-order valence-corrected chi connectivity index (χ4v) is 2.43. The summed E-state index contributed by atoms with van der Waals surface area (Å²) in [6.07, 6.45) is 3.41. The SMILES string of the molecule is CC1NC(=O)c2ccccc2N(Cc2cccnc2)C1=O. The first-order valence-corrected chi connectivity index (χ1v) is 6.77. The summed E-state index contributed by atoms with van der Waals surface area (Å²) in [7, 11) is 0. The van der Waals surface area contributed by atoms with Crippen molar-refractivity contribution in [3.05, 3.63) is 59.9 Å². The molecule has 0 bridgehead atoms. The molecular formula is C16H15N3O2. The van der Waals surface area contributed by atoms with E-state index in [0.29, 0.717) is 17.8 Å². The summed E-state index contributed by atoms with van der Waals surface area (Å²) in [6.45, 7) is 2.09. The largest absolute Gasteiger partial charge is 0.340 e. The van der Waals surface area contributed by atoms with Crippen LogP contribution in [0, 0.1) is 0 Å². The predicted molar refractivity (Wildman–Crippen MR) is 78.8 cm³/mol. The molecule has 0 aliphatic carbocycles. The molecule has 0 saturated carbocycles. The van der Waals surface area contributed by atoms with Crippen molar-refractivity contribution in [1.29, 1.82) is 0 Å². The fraction of sp³-hybridized carbons (Fsp3) is 0.188. The number of nitrogens with zero attached hydrogens (tertiary/aromatic N) is 2. The first-order chi connectivity index (χ1) is 10.2. The highest BCUT2D eigenvalue weighted by Crippen LogP contribution is 2.25. The van der Waals surface area contributed by atoms with Crippen molar-refractivity contribution in [3.8, 4) is 0 Å². The minimum Gasteiger partial charge on any atom is -0.340 e. The van der Waals surface area contributed by atoms with Gasteiger partial charge in [0.25, 0.3) is 5.91 Å². The Balaban J connectivity index is 2.05. The molecule has 2 aromatic rings. The zero-order valence-electron chi connectivity index (χ0n) is 11.6. The van der Waals surface area contributed by atoms with E-state index in [1.807, 2.05) is 18.2 Å². The van der Waals surface area contributed by atoms with Crippen molar-refractivity contribution in [2.75, 3.05) is 4.90 Å². The third-order valence-electron chi connectivity index (χ3n) is 3.49. The molecule has 5 heteroatoms. The summed E-state index contributed by atoms with van der Waals surface area (Å²) < 4.78 is 0. The topological polar surface area (TPSA) is 62.3 Å². The molecule has 0 radical (unpaired) electrons. The third kappa shape index (κ3) is 2.50. The average Bonchev–Trinajstić information content (AvgIpc) is 2.60. The maximum absolute atomic E-state index is 12.5. The first kappa shape index (κ1) is 13.3. The number of hydrogen-bond acceptors (Lipinski definition) is 3. The normalized spacial score (nSPS) is 18.0. The van der Waals surface area contributed by atoms with Crippen LogP contribution in [0.1, 0.15) is 22.8 Å². The molecule has 0 fully saturated rings. The second-order valence-electron chi connectivity index (χ2n) is 5.00. The molecule has 106 valence electrons. The van der Waals surface area contributed by atoms with E-state index in [1.165, 1.54) is 0 Å². The highest BCUT2D eigenvalue weighted by atomic mass is 16.2. The number of pyridine rings is 1. The minimum atomic E-state index is -0.554. The molecular weight excluding hydrogens is 266 g/mol. The third-order valence-corrected chi connectivity index (χ3v) is 3.49. The van der Waals surface area contributed by atoms with Crippen molar-refractivity contribution in [1.82, 2.24) is 10.3 Å². The summed E-state index contributed by atoms with van der Waals surface area (Å²) in [5.74, 6) is -0.350. The van der Waals surface area contributed by atoms with Gasteiger partial charge in [0, 0.05) is 12.4 Å². The molecule has 1 aliphatic heterocycles. The summed E-state index contributed by atoms with van der Waals surface area (Å²) in [6, 6.07) is 10.3. The van der Waals surface area contributed by atoms with Gasteiger partial charge in [0.05, 0.1) is 17.8 Å². The van der Waals surface area contributed by atoms with Crippen LogP contribution in [0.4, 0.5) is 5.69 Å². The van der Waals surface area contributed by atoms with Crippen LogP contribution >= 0.6 is 0 Å². The number of amides is 2. The van der Waals surface area contributed by atoms with Gasteiger partial charge in [-0.15, -0.1) is 0 Å². The first-order valence-electron chi connectivity index (χ1n) is 6.77. The van der Waals surface area contributed by atoms with Crippen LogP contribution in [-0.2, 0) is 11.3 Å². The van der Waals surface area contributed by atoms with Gasteiger partial charge in [-0.2, -0.15) is 0 Å². The molecule has 1 aromatic carbocycles. The standard InChI is InChI=1S/C16H15N3O2/c1-11-16(21)19(10-12-5-4-8-17-9-12)14-7-3-2-6-13(14)15(20)18-11/h2-9,11H,10H2,1H3,(H,18,20). The van der Waals surface area contributed by atoms with Gasteiger partial charge >= 0.3 is 0 Å². The Bertz CT molecular complexity index is 685. The Kier molecular flexibility index (Phi) is 3.39. The van der Waals surface area contributed by atoms with Gasteiger partial charge in [-0.05, 0) is 30.7 Å². The maximum atomic E-state index is 12.5. The number of hydrogen-bond donors (Lipinski definition) is 1. The van der Waals surface area contributed by atoms with Crippen molar-refractivity contribution in [3.63, 3.8) is 0 Å². The van der Waals surface area contributed by atoms with Gasteiger partial charge < -0.3 is 10.2 Å². The number of benzene rings is 1. The number of para-hydroxylation sites is 1. The highest BCUT2D eigenvalue weighted by Gasteiger charge is 2.30. The van der Waals surface area contributed by atoms with Crippen LogP contribution in [0.3, 0.4) is 0 Å². The molecule has 1 N–H and O–H groups in total. The predicted octanol–water partition coefficient (Wildman–Crippen LogP) is 1.75. The molecule has 0 saturated heterocycles. The molecule has 21 heavy (non-hydrogen) atoms. The molecule has 1 unspecified atom stereocenters. The lowest BCUT2D eigenvalue weighted by atomic mass is 10.1. The molecule has 1 aromatic heterocycles. The quantitative estimate of drug-likeness (QED) is 0.912. The van der Waals surface area contributed by atoms with Gasteiger partial charge in [0.1, 0.15) is 6.04 Å². The zero-order chi connectivity index (χ0) is 14.8. The van der Waals surface area contributed by atoms with E-state index in [1.54, 1.807) is 42.4 Å². The molecule has 1 atom stereocenters. The summed E-state index contributed by atoms with van der Waals surface area (Å²) >= 11 is 0. The maximum Gasteiger partial charge on any atom is 0.254 e. The van der Waals surface area contributed by atoms with E-state index in [0.717, 1.165) is 5.56 Å². The van der Waals surface area contributed by atoms with Crippen LogP contribution < -0.4 is 10.2 Å². The van der Waals surface area contributed by atoms with E-state index in [4.69, 9.17) is 0 Å². The lowest BCUT2D eigenvalue weighted by Gasteiger charge is -2.23. The second kappa shape index (κ2) is 5.36. The van der Waals surface area contributed by atoms with Gasteiger partial charge in [-0.3, -0.25) is 14.6 Å². The van der Waals surface area contributed by atoms with Crippen LogP contribution in [0.5, 0.6) is 0 Å². The molecule has 2 heterocycles. The molecule has 2 amide bonds. The number of anilines is 1. The Labute approximate surface area is 122 Å². The number of carbonyl (C=O) groups excluding carboxylic acids is 2. The van der Waals surface area contributed by atoms with Gasteiger partial charge in [-0.25, -0.2) is 0 Å². The monoisotopic (exact) mass is 281 g/mol. The number of fused-ring (bicyclic) bond motifs is 1. The highest BCUT2D eigenvalue weighted by molar-refractivity contribution is 6.10. The van der Waals surface area contributed by atoms with Crippen LogP contribution in [-0.4, -0.2) is 22.8 Å². The van der Waals surface area contributed by atoms with Crippen molar-refractivity contribution in [2.24, 2.45) is 0 Å². The second-order valence-corrected chi connectivity index (χ2v) is 5.00. The zero-order valence-corrected chi connectivity index (χ0v) is 11.6.